The fourth-order valence-electron chi connectivity index (χ4n) is 5.46. The highest BCUT2D eigenvalue weighted by atomic mass is 16.1. The van der Waals surface area contributed by atoms with Crippen LogP contribution in [0.2, 0.25) is 0 Å². The molecule has 3 nitrogen and oxygen atoms in total. The highest BCUT2D eigenvalue weighted by Gasteiger charge is 2.33. The van der Waals surface area contributed by atoms with Gasteiger partial charge in [-0.05, 0) is 69.9 Å². The van der Waals surface area contributed by atoms with Crippen molar-refractivity contribution in [3.63, 3.8) is 0 Å². The number of allylic oxidation sites excluding steroid dienone is 3. The lowest BCUT2D eigenvalue weighted by Gasteiger charge is -2.26. The second-order valence-electron chi connectivity index (χ2n) is 9.27. The predicted octanol–water partition coefficient (Wildman–Crippen LogP) is 5.53. The fraction of sp³-hybridized carbons (Fsp3) is 0.800. The number of nitrogens with one attached hydrogen (secondary N) is 2. The van der Waals surface area contributed by atoms with E-state index >= 15 is 0 Å². The molecular formula is C25H42N2O. The van der Waals surface area contributed by atoms with E-state index in [1.54, 1.807) is 0 Å². The molecule has 0 spiro atoms. The van der Waals surface area contributed by atoms with E-state index in [0.717, 1.165) is 44.7 Å². The molecule has 0 aromatic rings. The molecule has 2 fully saturated rings. The summed E-state index contributed by atoms with van der Waals surface area (Å²) < 4.78 is 0. The number of unbranched alkanes of at least 4 members (excludes halogenated alkanes) is 1. The lowest BCUT2D eigenvalue weighted by Crippen LogP contribution is -2.36. The van der Waals surface area contributed by atoms with Crippen LogP contribution in [0, 0.1) is 17.8 Å². The number of hydrogen-bond donors (Lipinski definition) is 2. The van der Waals surface area contributed by atoms with Crippen LogP contribution in [0.1, 0.15) is 89.9 Å². The Morgan fingerprint density at radius 1 is 0.964 bits per heavy atom. The Hall–Kier alpha value is -1.09. The van der Waals surface area contributed by atoms with Gasteiger partial charge in [-0.1, -0.05) is 68.7 Å². The van der Waals surface area contributed by atoms with E-state index in [9.17, 15) is 4.79 Å². The summed E-state index contributed by atoms with van der Waals surface area (Å²) in [6, 6.07) is 0. The molecule has 3 aliphatic carbocycles. The summed E-state index contributed by atoms with van der Waals surface area (Å²) in [6.45, 7) is 3.09. The van der Waals surface area contributed by atoms with Crippen LogP contribution in [-0.2, 0) is 4.79 Å². The largest absolute Gasteiger partial charge is 0.356 e. The second-order valence-corrected chi connectivity index (χ2v) is 9.27. The monoisotopic (exact) mass is 386 g/mol. The normalized spacial score (nSPS) is 22.2. The van der Waals surface area contributed by atoms with E-state index in [-0.39, 0.29) is 5.92 Å². The molecule has 0 aromatic heterocycles. The molecule has 1 amide bonds. The Bertz CT molecular complexity index is 513. The van der Waals surface area contributed by atoms with Crippen LogP contribution >= 0.6 is 0 Å². The Morgan fingerprint density at radius 3 is 2.46 bits per heavy atom. The van der Waals surface area contributed by atoms with Gasteiger partial charge in [0.15, 0.2) is 0 Å². The summed E-state index contributed by atoms with van der Waals surface area (Å²) in [5, 5.41) is 6.88. The zero-order chi connectivity index (χ0) is 19.4. The van der Waals surface area contributed by atoms with E-state index in [2.05, 4.69) is 28.9 Å². The molecule has 28 heavy (non-hydrogen) atoms. The van der Waals surface area contributed by atoms with Crippen LogP contribution in [0.4, 0.5) is 0 Å². The maximum absolute atomic E-state index is 12.9. The third-order valence-electron chi connectivity index (χ3n) is 7.13. The van der Waals surface area contributed by atoms with E-state index in [4.69, 9.17) is 0 Å². The van der Waals surface area contributed by atoms with Crippen molar-refractivity contribution in [1.82, 2.24) is 10.6 Å². The minimum atomic E-state index is 0.126. The maximum atomic E-state index is 12.9. The van der Waals surface area contributed by atoms with E-state index in [1.165, 1.54) is 76.3 Å². The third kappa shape index (κ3) is 7.06. The Kier molecular flexibility index (Phi) is 9.62. The number of rotatable bonds is 11. The second kappa shape index (κ2) is 12.5. The number of amides is 1. The van der Waals surface area contributed by atoms with E-state index < -0.39 is 0 Å². The molecular weight excluding hydrogens is 344 g/mol. The first-order valence-corrected chi connectivity index (χ1v) is 12.2. The number of hydrogen-bond acceptors (Lipinski definition) is 2. The molecule has 0 bridgehead atoms. The van der Waals surface area contributed by atoms with Crippen LogP contribution in [0.15, 0.2) is 23.8 Å². The van der Waals surface area contributed by atoms with Crippen molar-refractivity contribution in [3.05, 3.63) is 23.8 Å². The first-order chi connectivity index (χ1) is 13.8. The molecule has 2 saturated carbocycles. The van der Waals surface area contributed by atoms with Crippen molar-refractivity contribution < 1.29 is 4.79 Å². The van der Waals surface area contributed by atoms with E-state index in [0.29, 0.717) is 11.8 Å². The predicted molar refractivity (Wildman–Crippen MR) is 118 cm³/mol. The third-order valence-corrected chi connectivity index (χ3v) is 7.13. The molecule has 1 atom stereocenters. The van der Waals surface area contributed by atoms with Gasteiger partial charge in [0.2, 0.25) is 5.91 Å². The van der Waals surface area contributed by atoms with Crippen LogP contribution in [0.25, 0.3) is 0 Å². The van der Waals surface area contributed by atoms with Gasteiger partial charge in [0.25, 0.3) is 0 Å². The number of carbonyl (C=O) groups excluding carboxylic acids is 1. The SMILES string of the molecule is O=C(NCCCCNCCC1CCCCC1)C(C1=CC=CCC1)C1CCCC1. The lowest BCUT2D eigenvalue weighted by molar-refractivity contribution is -0.125. The highest BCUT2D eigenvalue weighted by Crippen LogP contribution is 2.37. The molecule has 0 aromatic carbocycles. The van der Waals surface area contributed by atoms with Gasteiger partial charge >= 0.3 is 0 Å². The molecule has 0 heterocycles. The molecule has 0 radical (unpaired) electrons. The molecule has 1 unspecified atom stereocenters. The molecule has 0 saturated heterocycles. The minimum Gasteiger partial charge on any atom is -0.356 e. The van der Waals surface area contributed by atoms with Crippen molar-refractivity contribution in [2.45, 2.75) is 89.9 Å². The summed E-state index contributed by atoms with van der Waals surface area (Å²) in [6.07, 6.45) is 24.6. The summed E-state index contributed by atoms with van der Waals surface area (Å²) in [5.74, 6) is 1.95. The minimum absolute atomic E-state index is 0.126. The summed E-state index contributed by atoms with van der Waals surface area (Å²) in [4.78, 5) is 12.9. The average Bonchev–Trinajstić information content (AvgIpc) is 3.26. The quantitative estimate of drug-likeness (QED) is 0.459. The van der Waals surface area contributed by atoms with Crippen molar-refractivity contribution in [1.29, 1.82) is 0 Å². The van der Waals surface area contributed by atoms with Crippen LogP contribution in [0.5, 0.6) is 0 Å². The lowest BCUT2D eigenvalue weighted by atomic mass is 9.80. The van der Waals surface area contributed by atoms with Gasteiger partial charge in [0.1, 0.15) is 0 Å². The molecule has 3 heteroatoms. The molecule has 3 aliphatic rings. The molecule has 2 N–H and O–H groups in total. The van der Waals surface area contributed by atoms with Gasteiger partial charge < -0.3 is 10.6 Å². The van der Waals surface area contributed by atoms with E-state index in [1.807, 2.05) is 0 Å². The molecule has 158 valence electrons. The summed E-state index contributed by atoms with van der Waals surface area (Å²) in [5.41, 5.74) is 1.37. The van der Waals surface area contributed by atoms with Crippen molar-refractivity contribution in [3.8, 4) is 0 Å². The summed E-state index contributed by atoms with van der Waals surface area (Å²) >= 11 is 0. The van der Waals surface area contributed by atoms with Crippen LogP contribution < -0.4 is 10.6 Å². The maximum Gasteiger partial charge on any atom is 0.227 e. The topological polar surface area (TPSA) is 41.1 Å². The Balaban J connectivity index is 1.29. The smallest absolute Gasteiger partial charge is 0.227 e. The van der Waals surface area contributed by atoms with Gasteiger partial charge in [0, 0.05) is 6.54 Å². The van der Waals surface area contributed by atoms with Gasteiger partial charge in [-0.2, -0.15) is 0 Å². The van der Waals surface area contributed by atoms with Crippen molar-refractivity contribution in [2.75, 3.05) is 19.6 Å². The Morgan fingerprint density at radius 2 is 1.71 bits per heavy atom. The zero-order valence-electron chi connectivity index (χ0n) is 17.9. The Labute approximate surface area is 172 Å². The fourth-order valence-corrected chi connectivity index (χ4v) is 5.46. The van der Waals surface area contributed by atoms with Crippen LogP contribution in [-0.4, -0.2) is 25.5 Å². The first kappa shape index (κ1) is 21.6. The number of carbonyl (C=O) groups is 1. The first-order valence-electron chi connectivity index (χ1n) is 12.2. The van der Waals surface area contributed by atoms with Crippen LogP contribution in [0.3, 0.4) is 0 Å². The average molecular weight is 387 g/mol. The van der Waals surface area contributed by atoms with Gasteiger partial charge in [0.05, 0.1) is 5.92 Å². The van der Waals surface area contributed by atoms with Gasteiger partial charge in [-0.15, -0.1) is 0 Å². The van der Waals surface area contributed by atoms with Gasteiger partial charge in [-0.3, -0.25) is 4.79 Å². The van der Waals surface area contributed by atoms with Gasteiger partial charge in [-0.25, -0.2) is 0 Å². The highest BCUT2D eigenvalue weighted by molar-refractivity contribution is 5.82. The van der Waals surface area contributed by atoms with Crippen molar-refractivity contribution >= 4 is 5.91 Å². The van der Waals surface area contributed by atoms with Crippen molar-refractivity contribution in [2.24, 2.45) is 17.8 Å². The summed E-state index contributed by atoms with van der Waals surface area (Å²) in [7, 11) is 0. The zero-order valence-corrected chi connectivity index (χ0v) is 17.9. The molecule has 0 aliphatic heterocycles. The standard InChI is InChI=1S/C25H42N2O/c28-25(24(23-15-7-8-16-23)22-13-5-2-6-14-22)27-19-10-9-18-26-20-17-21-11-3-1-4-12-21/h2,5,13,21,23-24,26H,1,3-4,6-12,14-20H2,(H,27,28). The molecule has 3 rings (SSSR count).